The Morgan fingerprint density at radius 2 is 1.87 bits per heavy atom. The Balaban J connectivity index is 1.62. The second-order valence-corrected chi connectivity index (χ2v) is 10.4. The zero-order chi connectivity index (χ0) is 22.0. The number of benzene rings is 1. The summed E-state index contributed by atoms with van der Waals surface area (Å²) in [5, 5.41) is 9.60. The zero-order valence-corrected chi connectivity index (χ0v) is 19.7. The summed E-state index contributed by atoms with van der Waals surface area (Å²) < 4.78 is 15.5. The predicted molar refractivity (Wildman–Crippen MR) is 124 cm³/mol. The summed E-state index contributed by atoms with van der Waals surface area (Å²) in [7, 11) is 0. The van der Waals surface area contributed by atoms with Gasteiger partial charge in [0.15, 0.2) is 16.8 Å². The molecule has 164 valence electrons. The number of thiophene rings is 1. The SMILES string of the molecule is Cc1cc(C(=O)CSc2nnc(C(C)N3CCCCC3)n2-c2ccc(F)cc2)c(C)s1. The molecule has 1 aromatic carbocycles. The molecule has 0 radical (unpaired) electrons. The molecule has 1 atom stereocenters. The molecule has 0 aliphatic carbocycles. The number of thioether (sulfide) groups is 1. The molecule has 4 rings (SSSR count). The number of rotatable bonds is 7. The molecule has 0 spiro atoms. The topological polar surface area (TPSA) is 51.0 Å². The summed E-state index contributed by atoms with van der Waals surface area (Å²) in [4.78, 5) is 17.4. The predicted octanol–water partition coefficient (Wildman–Crippen LogP) is 5.61. The third-order valence-corrected chi connectivity index (χ3v) is 7.62. The molecule has 1 fully saturated rings. The van der Waals surface area contributed by atoms with Crippen LogP contribution in [0.5, 0.6) is 0 Å². The summed E-state index contributed by atoms with van der Waals surface area (Å²) in [5.74, 6) is 0.918. The van der Waals surface area contributed by atoms with Crippen molar-refractivity contribution in [2.75, 3.05) is 18.8 Å². The van der Waals surface area contributed by atoms with E-state index in [9.17, 15) is 9.18 Å². The lowest BCUT2D eigenvalue weighted by Gasteiger charge is -2.31. The highest BCUT2D eigenvalue weighted by Crippen LogP contribution is 2.30. The van der Waals surface area contributed by atoms with Crippen molar-refractivity contribution in [1.82, 2.24) is 19.7 Å². The smallest absolute Gasteiger partial charge is 0.196 e. The van der Waals surface area contributed by atoms with Gasteiger partial charge in [-0.25, -0.2) is 4.39 Å². The minimum absolute atomic E-state index is 0.0877. The van der Waals surface area contributed by atoms with Gasteiger partial charge in [-0.2, -0.15) is 0 Å². The lowest BCUT2D eigenvalue weighted by atomic mass is 10.1. The highest BCUT2D eigenvalue weighted by Gasteiger charge is 2.26. The molecular weight excluding hydrogens is 431 g/mol. The normalized spacial score (nSPS) is 15.9. The van der Waals surface area contributed by atoms with Gasteiger partial charge in [-0.15, -0.1) is 21.5 Å². The summed E-state index contributed by atoms with van der Waals surface area (Å²) in [6.45, 7) is 8.22. The molecule has 3 heterocycles. The van der Waals surface area contributed by atoms with Crippen molar-refractivity contribution in [3.05, 3.63) is 57.3 Å². The number of aromatic nitrogens is 3. The first-order valence-corrected chi connectivity index (χ1v) is 12.4. The largest absolute Gasteiger partial charge is 0.294 e. The summed E-state index contributed by atoms with van der Waals surface area (Å²) in [6, 6.07) is 8.41. The van der Waals surface area contributed by atoms with Gasteiger partial charge in [0.2, 0.25) is 0 Å². The van der Waals surface area contributed by atoms with Gasteiger partial charge in [0, 0.05) is 21.0 Å². The Hall–Kier alpha value is -2.03. The van der Waals surface area contributed by atoms with Crippen LogP contribution in [0.2, 0.25) is 0 Å². The molecule has 0 saturated carbocycles. The molecule has 5 nitrogen and oxygen atoms in total. The van der Waals surface area contributed by atoms with Crippen molar-refractivity contribution < 1.29 is 9.18 Å². The van der Waals surface area contributed by atoms with Crippen LogP contribution in [0, 0.1) is 19.7 Å². The number of carbonyl (C=O) groups excluding carboxylic acids is 1. The van der Waals surface area contributed by atoms with Gasteiger partial charge in [0.25, 0.3) is 0 Å². The van der Waals surface area contributed by atoms with Gasteiger partial charge in [0.05, 0.1) is 11.8 Å². The second-order valence-electron chi connectivity index (χ2n) is 7.96. The van der Waals surface area contributed by atoms with Crippen molar-refractivity contribution in [1.29, 1.82) is 0 Å². The Bertz CT molecular complexity index is 1050. The number of piperidine rings is 1. The minimum atomic E-state index is -0.282. The first kappa shape index (κ1) is 22.2. The molecule has 2 aromatic heterocycles. The number of hydrogen-bond donors (Lipinski definition) is 0. The fraction of sp³-hybridized carbons (Fsp3) is 0.435. The lowest BCUT2D eigenvalue weighted by Crippen LogP contribution is -2.33. The van der Waals surface area contributed by atoms with Crippen LogP contribution in [0.3, 0.4) is 0 Å². The standard InChI is InChI=1S/C23H27FN4OS2/c1-15-13-20(17(3)31-15)21(29)14-30-23-26-25-22(16(2)27-11-5-4-6-12-27)28(23)19-9-7-18(24)8-10-19/h7-10,13,16H,4-6,11-12,14H2,1-3H3. The molecule has 31 heavy (non-hydrogen) atoms. The quantitative estimate of drug-likeness (QED) is 0.340. The van der Waals surface area contributed by atoms with E-state index >= 15 is 0 Å². The van der Waals surface area contributed by atoms with Gasteiger partial charge >= 0.3 is 0 Å². The number of nitrogens with zero attached hydrogens (tertiary/aromatic N) is 4. The van der Waals surface area contributed by atoms with Crippen molar-refractivity contribution in [3.8, 4) is 5.69 Å². The summed E-state index contributed by atoms with van der Waals surface area (Å²) in [6.07, 6.45) is 3.63. The summed E-state index contributed by atoms with van der Waals surface area (Å²) >= 11 is 3.02. The van der Waals surface area contributed by atoms with E-state index in [1.165, 1.54) is 43.2 Å². The second kappa shape index (κ2) is 9.63. The number of ketones is 1. The van der Waals surface area contributed by atoms with Crippen molar-refractivity contribution >= 4 is 28.9 Å². The number of likely N-dealkylation sites (tertiary alicyclic amines) is 1. The third kappa shape index (κ3) is 4.91. The average Bonchev–Trinajstić information content (AvgIpc) is 3.35. The Morgan fingerprint density at radius 3 is 2.52 bits per heavy atom. The molecule has 1 aliphatic heterocycles. The molecule has 3 aromatic rings. The molecular formula is C23H27FN4OS2. The van der Waals surface area contributed by atoms with Gasteiger partial charge in [0.1, 0.15) is 5.82 Å². The maximum absolute atomic E-state index is 13.6. The fourth-order valence-electron chi connectivity index (χ4n) is 4.06. The lowest BCUT2D eigenvalue weighted by molar-refractivity contribution is 0.102. The first-order chi connectivity index (χ1) is 14.9. The number of carbonyl (C=O) groups is 1. The maximum Gasteiger partial charge on any atom is 0.196 e. The van der Waals surface area contributed by atoms with Crippen LogP contribution < -0.4 is 0 Å². The van der Waals surface area contributed by atoms with Crippen LogP contribution >= 0.6 is 23.1 Å². The zero-order valence-electron chi connectivity index (χ0n) is 18.1. The maximum atomic E-state index is 13.6. The van der Waals surface area contributed by atoms with Crippen LogP contribution in [0.25, 0.3) is 5.69 Å². The van der Waals surface area contributed by atoms with Crippen molar-refractivity contribution in [2.24, 2.45) is 0 Å². The van der Waals surface area contributed by atoms with Gasteiger partial charge in [-0.3, -0.25) is 14.3 Å². The number of aryl methyl sites for hydroxylation is 2. The summed E-state index contributed by atoms with van der Waals surface area (Å²) in [5.41, 5.74) is 1.59. The minimum Gasteiger partial charge on any atom is -0.294 e. The van der Waals surface area contributed by atoms with Crippen molar-refractivity contribution in [2.45, 2.75) is 51.2 Å². The molecule has 8 heteroatoms. The van der Waals surface area contributed by atoms with E-state index in [1.807, 2.05) is 24.5 Å². The van der Waals surface area contributed by atoms with Gasteiger partial charge in [-0.05, 0) is 77.0 Å². The third-order valence-electron chi connectivity index (χ3n) is 5.73. The van der Waals surface area contributed by atoms with Crippen LogP contribution in [-0.2, 0) is 0 Å². The van der Waals surface area contributed by atoms with Gasteiger partial charge < -0.3 is 0 Å². The highest BCUT2D eigenvalue weighted by atomic mass is 32.2. The van der Waals surface area contributed by atoms with E-state index in [2.05, 4.69) is 22.0 Å². The fourth-order valence-corrected chi connectivity index (χ4v) is 5.85. The molecule has 1 aliphatic rings. The van der Waals surface area contributed by atoms with Gasteiger partial charge in [-0.1, -0.05) is 18.2 Å². The van der Waals surface area contributed by atoms with Crippen molar-refractivity contribution in [3.63, 3.8) is 0 Å². The Kier molecular flexibility index (Phi) is 6.89. The first-order valence-electron chi connectivity index (χ1n) is 10.6. The molecule has 0 bridgehead atoms. The Morgan fingerprint density at radius 1 is 1.16 bits per heavy atom. The number of hydrogen-bond acceptors (Lipinski definition) is 6. The Labute approximate surface area is 190 Å². The van der Waals surface area contributed by atoms with E-state index in [0.717, 1.165) is 39.9 Å². The average molecular weight is 459 g/mol. The van der Waals surface area contributed by atoms with Crippen LogP contribution in [0.4, 0.5) is 4.39 Å². The van der Waals surface area contributed by atoms with Crippen LogP contribution in [0.1, 0.15) is 58.2 Å². The molecule has 1 saturated heterocycles. The van der Waals surface area contributed by atoms with Crippen LogP contribution in [-0.4, -0.2) is 44.3 Å². The number of Topliss-reactive ketones (excluding diaryl/α,β-unsaturated/α-hetero) is 1. The molecule has 0 N–H and O–H groups in total. The monoisotopic (exact) mass is 458 g/mol. The van der Waals surface area contributed by atoms with E-state index in [-0.39, 0.29) is 23.4 Å². The van der Waals surface area contributed by atoms with E-state index in [1.54, 1.807) is 23.5 Å². The molecule has 1 unspecified atom stereocenters. The van der Waals surface area contributed by atoms with Crippen LogP contribution in [0.15, 0.2) is 35.5 Å². The van der Waals surface area contributed by atoms with E-state index in [4.69, 9.17) is 0 Å². The highest BCUT2D eigenvalue weighted by molar-refractivity contribution is 7.99. The molecule has 0 amide bonds. The van der Waals surface area contributed by atoms with E-state index in [0.29, 0.717) is 5.16 Å². The number of halogens is 1. The van der Waals surface area contributed by atoms with E-state index < -0.39 is 0 Å².